The van der Waals surface area contributed by atoms with Crippen LogP contribution in [0.4, 0.5) is 4.79 Å². The smallest absolute Gasteiger partial charge is 0.478 e. The molecular weight excluding hydrogens is 1930 g/mol. The summed E-state index contributed by atoms with van der Waals surface area (Å²) in [5.41, 5.74) is 19.9. The van der Waals surface area contributed by atoms with E-state index in [-0.39, 0.29) is 17.5 Å². The number of aromatic nitrogens is 6. The lowest BCUT2D eigenvalue weighted by Crippen LogP contribution is -2.40. The summed E-state index contributed by atoms with van der Waals surface area (Å²) in [4.78, 5) is 58.1. The summed E-state index contributed by atoms with van der Waals surface area (Å²) in [6, 6.07) is 78.0. The monoisotopic (exact) mass is 2060 g/mol. The van der Waals surface area contributed by atoms with Crippen LogP contribution in [-0.2, 0) is 61.3 Å². The molecule has 1 aliphatic heterocycles. The van der Waals surface area contributed by atoms with Crippen LogP contribution in [0.5, 0.6) is 0 Å². The fourth-order valence-corrected chi connectivity index (χ4v) is 20.0. The Morgan fingerprint density at radius 1 is 0.435 bits per heavy atom. The Balaban J connectivity index is 0.000000143. The van der Waals surface area contributed by atoms with Crippen molar-refractivity contribution in [2.45, 2.75) is 199 Å². The number of methoxy groups -OCH3 is 5. The minimum Gasteiger partial charge on any atom is -0.478 e. The first-order chi connectivity index (χ1) is 63.7. The molecule has 19 rings (SSSR count). The number of aryl methyl sites for hydroxylation is 2. The van der Waals surface area contributed by atoms with Gasteiger partial charge in [0.05, 0.1) is 89.2 Å². The number of nitrogens with zero attached hydrogens (tertiary/aromatic N) is 3. The zero-order chi connectivity index (χ0) is 92.8. The Hall–Kier alpha value is -10.1. The van der Waals surface area contributed by atoms with Crippen molar-refractivity contribution in [3.05, 3.63) is 291 Å². The fourth-order valence-electron chi connectivity index (χ4n) is 18.2. The molecule has 0 saturated heterocycles. The Kier molecular flexibility index (Phi) is 38.2. The molecule has 15 aromatic rings. The fraction of sp³-hybridized carbons (Fsp3) is 0.352. The predicted molar refractivity (Wildman–Crippen MR) is 553 cm³/mol. The zero-order valence-electron chi connectivity index (χ0n) is 76.6. The van der Waals surface area contributed by atoms with Crippen LogP contribution in [0.2, 0.25) is 0 Å². The van der Waals surface area contributed by atoms with Gasteiger partial charge < -0.3 is 67.7 Å². The second kappa shape index (κ2) is 50.1. The van der Waals surface area contributed by atoms with Gasteiger partial charge in [0, 0.05) is 88.9 Å². The summed E-state index contributed by atoms with van der Waals surface area (Å²) in [5, 5.41) is 35.3. The molecule has 9 aromatic carbocycles. The van der Waals surface area contributed by atoms with Crippen molar-refractivity contribution in [2.75, 3.05) is 44.4 Å². The first kappa shape index (κ1) is 99.9. The van der Waals surface area contributed by atoms with Crippen LogP contribution >= 0.6 is 61.1 Å². The van der Waals surface area contributed by atoms with Gasteiger partial charge in [0.2, 0.25) is 0 Å². The molecule has 7 heterocycles. The number of hydrogen-bond acceptors (Lipinski definition) is 12. The molecule has 0 spiro atoms. The number of hydrogen-bond donors (Lipinski definition) is 6. The molecule has 0 radical (unpaired) electrons. The van der Waals surface area contributed by atoms with E-state index in [1.807, 2.05) is 133 Å². The number of nitrogens with one attached hydrogen (secondary N) is 3. The van der Waals surface area contributed by atoms with Crippen LogP contribution in [-0.4, -0.2) is 125 Å². The standard InChI is InChI=1S/C27H28N2O2.C24H24N2O2.C16H18BrNO2.C13H16BNO4.3C8H10O.C4H8I2/c30-27(31)20-12-13-21-23(17-20)29-15-7-6-14-28-22-11-5-4-10-19(22)16-24(28)26(29)25(21)18-8-2-1-3-9-18;1-28-24(27)17-11-12-18-20(14-17)26-23(22(18)15-7-3-2-4-8-15)21-13-16-9-5-6-10-19(16)25-21;1-20-16(19)11-7-8-12-13(9-11)18-15(17)14(12)10-5-3-2-4-6-10;1-13(2,3)19-12(16)15-10-7-5-4-6-9(10)8-11(15)14(17)18;3*1-9-7-8-5-3-2-4-6-8;5-3-1-2-4-6/h4-5,10-13,16-18H,1-3,6-9,14-15H2,(H,30,31);5-6,9-15,25-26H,2-4,7-8H2,1H3;7-10,18H,2-6H2,1H3;4-8,17-18H,1-3H3;3*2-6H,7H2,1H3;1-4H2. The number of H-pyrrole nitrogens is 3. The summed E-state index contributed by atoms with van der Waals surface area (Å²) >= 11 is 8.47. The lowest BCUT2D eigenvalue weighted by molar-refractivity contribution is 0.0544. The largest absolute Gasteiger partial charge is 0.506 e. The van der Waals surface area contributed by atoms with Crippen molar-refractivity contribution in [2.24, 2.45) is 0 Å². The maximum Gasteiger partial charge on any atom is 0.506 e. The number of esters is 2. The van der Waals surface area contributed by atoms with Gasteiger partial charge in [-0.3, -0.25) is 4.57 Å². The molecule has 6 N–H and O–H groups in total. The van der Waals surface area contributed by atoms with Gasteiger partial charge in [0.1, 0.15) is 5.60 Å². The number of aromatic amines is 3. The van der Waals surface area contributed by atoms with E-state index in [9.17, 15) is 34.3 Å². The number of para-hydroxylation sites is 3. The van der Waals surface area contributed by atoms with E-state index in [1.165, 1.54) is 214 Å². The van der Waals surface area contributed by atoms with Crippen LogP contribution in [0.25, 0.3) is 88.2 Å². The topological polar surface area (TPSA) is 247 Å². The number of benzene rings is 9. The van der Waals surface area contributed by atoms with Gasteiger partial charge >= 0.3 is 31.1 Å². The number of ether oxygens (including phenoxy) is 6. The van der Waals surface area contributed by atoms with Crippen molar-refractivity contribution in [3.63, 3.8) is 0 Å². The second-order valence-electron chi connectivity index (χ2n) is 34.6. The summed E-state index contributed by atoms with van der Waals surface area (Å²) in [7, 11) is 6.20. The van der Waals surface area contributed by atoms with Crippen LogP contribution in [0.3, 0.4) is 0 Å². The summed E-state index contributed by atoms with van der Waals surface area (Å²) in [6.07, 6.45) is 23.5. The van der Waals surface area contributed by atoms with E-state index in [2.05, 4.69) is 158 Å². The van der Waals surface area contributed by atoms with E-state index in [0.717, 1.165) is 69.4 Å². The third-order valence-electron chi connectivity index (χ3n) is 24.3. The highest BCUT2D eigenvalue weighted by Gasteiger charge is 2.32. The average molecular weight is 2060 g/mol. The minimum absolute atomic E-state index is 0.0930. The molecule has 0 amide bonds. The highest BCUT2D eigenvalue weighted by Crippen LogP contribution is 2.48. The lowest BCUT2D eigenvalue weighted by atomic mass is 9.82. The molecule has 3 fully saturated rings. The molecule has 3 aliphatic carbocycles. The van der Waals surface area contributed by atoms with E-state index in [4.69, 9.17) is 28.4 Å². The van der Waals surface area contributed by atoms with Crippen molar-refractivity contribution < 1.29 is 62.8 Å². The first-order valence-corrected chi connectivity index (χ1v) is 49.6. The highest BCUT2D eigenvalue weighted by atomic mass is 127. The summed E-state index contributed by atoms with van der Waals surface area (Å²) in [5.74, 6) is 0.272. The summed E-state index contributed by atoms with van der Waals surface area (Å²) < 4.78 is 39.6. The molecule has 3 saturated carbocycles. The van der Waals surface area contributed by atoms with Gasteiger partial charge in [-0.05, 0) is 239 Å². The quantitative estimate of drug-likeness (QED) is 0.0124. The first-order valence-electron chi connectivity index (χ1n) is 45.8. The third kappa shape index (κ3) is 26.7. The SMILES string of the molecule is CC(C)(C)OC(=O)n1c(B(O)O)cc2ccccc21.COC(=O)c1ccc2c(C3CCCCC3)c(-c3cc4ccccc4[nH]3)[nH]c2c1.COC(=O)c1ccc2c(C3CCCCC3)c(Br)[nH]c2c1.COCc1ccccc1.COCc1ccccc1.COCc1ccccc1.ICCCCI.O=C(O)c1ccc2c(C3CCCCC3)c3n(c2c1)CCCCn1c-3cc2ccccc21. The van der Waals surface area contributed by atoms with Crippen molar-refractivity contribution in [1.82, 2.24) is 28.7 Å². The average Bonchev–Trinajstić information content (AvgIpc) is 1.45. The number of carboxylic acids is 1. The highest BCUT2D eigenvalue weighted by molar-refractivity contribution is 14.1. The van der Waals surface area contributed by atoms with Gasteiger partial charge in [0.15, 0.2) is 0 Å². The third-order valence-corrected chi connectivity index (χ3v) is 26.4. The van der Waals surface area contributed by atoms with E-state index < -0.39 is 24.8 Å². The van der Waals surface area contributed by atoms with Gasteiger partial charge in [-0.1, -0.05) is 267 Å². The van der Waals surface area contributed by atoms with Crippen LogP contribution < -0.4 is 5.59 Å². The molecule has 23 heteroatoms. The molecule has 19 nitrogen and oxygen atoms in total. The molecule has 688 valence electrons. The van der Waals surface area contributed by atoms with Gasteiger partial charge in [0.25, 0.3) is 0 Å². The van der Waals surface area contributed by atoms with Crippen molar-refractivity contribution in [1.29, 1.82) is 0 Å². The van der Waals surface area contributed by atoms with Crippen LogP contribution in [0.15, 0.2) is 241 Å². The number of halogens is 3. The number of unbranched alkanes of at least 4 members (excludes halogenated alkanes) is 1. The van der Waals surface area contributed by atoms with Crippen molar-refractivity contribution >= 4 is 163 Å². The zero-order valence-corrected chi connectivity index (χ0v) is 82.5. The molecular formula is C108H124BBrI2N6O13. The number of carbonyl (C=O) groups is 4. The molecule has 0 atom stereocenters. The lowest BCUT2D eigenvalue weighted by Gasteiger charge is -2.25. The Morgan fingerprint density at radius 3 is 1.35 bits per heavy atom. The van der Waals surface area contributed by atoms with E-state index in [0.29, 0.717) is 59.8 Å². The number of carboxylic acid groups (broad SMARTS) is 1. The van der Waals surface area contributed by atoms with Crippen LogP contribution in [0.1, 0.15) is 225 Å². The molecule has 0 unspecified atom stereocenters. The Labute approximate surface area is 805 Å². The summed E-state index contributed by atoms with van der Waals surface area (Å²) in [6.45, 7) is 9.38. The molecule has 0 bridgehead atoms. The minimum atomic E-state index is -1.74. The number of alkyl halides is 2. The predicted octanol–water partition coefficient (Wildman–Crippen LogP) is 27.0. The normalized spacial score (nSPS) is 13.9. The number of carbonyl (C=O) groups excluding carboxylic acids is 3. The maximum atomic E-state index is 12.2. The number of aromatic carboxylic acids is 1. The van der Waals surface area contributed by atoms with E-state index in [1.54, 1.807) is 72.4 Å². The Morgan fingerprint density at radius 2 is 0.870 bits per heavy atom. The van der Waals surface area contributed by atoms with Gasteiger partial charge in [-0.2, -0.15) is 0 Å². The molecule has 4 aliphatic rings. The second-order valence-corrected chi connectivity index (χ2v) is 37.6. The van der Waals surface area contributed by atoms with Gasteiger partial charge in [-0.15, -0.1) is 0 Å². The number of fused-ring (bicyclic) bond motifs is 11. The maximum absolute atomic E-state index is 12.2. The Bertz CT molecular complexity index is 6040. The van der Waals surface area contributed by atoms with E-state index >= 15 is 0 Å². The molecule has 6 aromatic heterocycles. The van der Waals surface area contributed by atoms with Gasteiger partial charge in [-0.25, -0.2) is 19.2 Å². The van der Waals surface area contributed by atoms with Crippen LogP contribution in [0, 0.1) is 0 Å². The van der Waals surface area contributed by atoms with Crippen molar-refractivity contribution in [3.8, 4) is 22.8 Å². The molecule has 131 heavy (non-hydrogen) atoms. The number of rotatable bonds is 17.